The number of carbonyl (C=O) groups excluding carboxylic acids is 1. The molecule has 2 atom stereocenters. The van der Waals surface area contributed by atoms with E-state index in [-0.39, 0.29) is 29.1 Å². The van der Waals surface area contributed by atoms with Gasteiger partial charge in [0, 0.05) is 18.9 Å². The van der Waals surface area contributed by atoms with Crippen LogP contribution in [0.5, 0.6) is 17.2 Å². The van der Waals surface area contributed by atoms with Gasteiger partial charge < -0.3 is 24.8 Å². The maximum absolute atomic E-state index is 12.9. The van der Waals surface area contributed by atoms with Crippen molar-refractivity contribution in [3.63, 3.8) is 0 Å². The summed E-state index contributed by atoms with van der Waals surface area (Å²) >= 11 is 0. The van der Waals surface area contributed by atoms with Gasteiger partial charge in [0.1, 0.15) is 29.0 Å². The number of aryl methyl sites for hydroxylation is 1. The van der Waals surface area contributed by atoms with Gasteiger partial charge in [-0.2, -0.15) is 0 Å². The van der Waals surface area contributed by atoms with E-state index in [4.69, 9.17) is 9.47 Å². The predicted octanol–water partition coefficient (Wildman–Crippen LogP) is 3.88. The van der Waals surface area contributed by atoms with Crippen molar-refractivity contribution in [2.24, 2.45) is 0 Å². The molecule has 2 heterocycles. The van der Waals surface area contributed by atoms with Crippen LogP contribution in [-0.4, -0.2) is 38.4 Å². The van der Waals surface area contributed by atoms with Crippen molar-refractivity contribution in [1.29, 1.82) is 0 Å². The molecule has 166 valence electrons. The van der Waals surface area contributed by atoms with E-state index in [0.29, 0.717) is 17.7 Å². The molecule has 31 heavy (non-hydrogen) atoms. The fourth-order valence-corrected chi connectivity index (χ4v) is 4.18. The predicted molar refractivity (Wildman–Crippen MR) is 116 cm³/mol. The summed E-state index contributed by atoms with van der Waals surface area (Å²) in [4.78, 5) is 12.9. The molecule has 2 aromatic rings. The Hall–Kier alpha value is -2.57. The number of aliphatic hydroxyl groups is 2. The Morgan fingerprint density at radius 2 is 1.94 bits per heavy atom. The average molecular weight is 427 g/mol. The van der Waals surface area contributed by atoms with Gasteiger partial charge in [0.2, 0.25) is 0 Å². The molecule has 0 saturated carbocycles. The van der Waals surface area contributed by atoms with Crippen LogP contribution in [0, 0.1) is 0 Å². The van der Waals surface area contributed by atoms with Crippen molar-refractivity contribution in [1.82, 2.24) is 0 Å². The Labute approximate surface area is 182 Å². The third-order valence-electron chi connectivity index (χ3n) is 6.17. The number of benzene rings is 2. The summed E-state index contributed by atoms with van der Waals surface area (Å²) in [5, 5.41) is 31.3. The summed E-state index contributed by atoms with van der Waals surface area (Å²) in [6.45, 7) is 7.43. The first-order valence-electron chi connectivity index (χ1n) is 10.7. The summed E-state index contributed by atoms with van der Waals surface area (Å²) in [6, 6.07) is 8.54. The smallest absolute Gasteiger partial charge is 0.169 e. The molecule has 2 aliphatic heterocycles. The molecule has 0 aromatic heterocycles. The lowest BCUT2D eigenvalue weighted by Gasteiger charge is -2.33. The second-order valence-electron chi connectivity index (χ2n) is 9.81. The number of ketones is 1. The van der Waals surface area contributed by atoms with Gasteiger partial charge in [0.05, 0.1) is 17.3 Å². The van der Waals surface area contributed by atoms with Gasteiger partial charge in [-0.15, -0.1) is 0 Å². The van der Waals surface area contributed by atoms with Crippen LogP contribution in [0.15, 0.2) is 30.3 Å². The molecular weight excluding hydrogens is 396 g/mol. The normalized spacial score (nSPS) is 20.3. The number of rotatable bonds is 5. The Balaban J connectivity index is 1.49. The van der Waals surface area contributed by atoms with Gasteiger partial charge in [-0.3, -0.25) is 4.79 Å². The molecule has 0 spiro atoms. The minimum atomic E-state index is -1.04. The second-order valence-corrected chi connectivity index (χ2v) is 9.81. The van der Waals surface area contributed by atoms with Gasteiger partial charge in [-0.05, 0) is 75.4 Å². The maximum atomic E-state index is 12.9. The quantitative estimate of drug-likeness (QED) is 0.628. The van der Waals surface area contributed by atoms with Crippen molar-refractivity contribution < 1.29 is 29.6 Å². The zero-order valence-electron chi connectivity index (χ0n) is 18.4. The lowest BCUT2D eigenvalue weighted by Crippen LogP contribution is -2.39. The van der Waals surface area contributed by atoms with Crippen LogP contribution in [0.3, 0.4) is 0 Å². The highest BCUT2D eigenvalue weighted by Gasteiger charge is 2.36. The van der Waals surface area contributed by atoms with Crippen LogP contribution in [0.2, 0.25) is 0 Å². The first-order chi connectivity index (χ1) is 14.4. The highest BCUT2D eigenvalue weighted by atomic mass is 16.5. The third kappa shape index (κ3) is 4.41. The average Bonchev–Trinajstić information content (AvgIpc) is 3.09. The largest absolute Gasteiger partial charge is 0.507 e. The number of fused-ring (bicyclic) bond motifs is 2. The van der Waals surface area contributed by atoms with Crippen LogP contribution in [-0.2, 0) is 12.8 Å². The van der Waals surface area contributed by atoms with Crippen molar-refractivity contribution >= 4 is 5.78 Å². The summed E-state index contributed by atoms with van der Waals surface area (Å²) in [7, 11) is 0. The summed E-state index contributed by atoms with van der Waals surface area (Å²) < 4.78 is 11.7. The zero-order chi connectivity index (χ0) is 22.6. The molecule has 0 radical (unpaired) electrons. The van der Waals surface area contributed by atoms with Crippen molar-refractivity contribution in [3.05, 3.63) is 52.6 Å². The minimum Gasteiger partial charge on any atom is -0.507 e. The fourth-order valence-electron chi connectivity index (χ4n) is 4.18. The van der Waals surface area contributed by atoms with E-state index < -0.39 is 17.8 Å². The monoisotopic (exact) mass is 426 g/mol. The molecule has 6 heteroatoms. The molecule has 3 N–H and O–H groups in total. The number of aromatic hydroxyl groups is 1. The number of phenols is 1. The molecule has 0 bridgehead atoms. The zero-order valence-corrected chi connectivity index (χ0v) is 18.4. The Morgan fingerprint density at radius 1 is 1.19 bits per heavy atom. The maximum Gasteiger partial charge on any atom is 0.169 e. The Morgan fingerprint density at radius 3 is 2.65 bits per heavy atom. The molecule has 4 rings (SSSR count). The summed E-state index contributed by atoms with van der Waals surface area (Å²) in [6.07, 6.45) is 0.609. The summed E-state index contributed by atoms with van der Waals surface area (Å²) in [5.74, 6) is 0.749. The Kier molecular flexibility index (Phi) is 5.26. The molecule has 0 saturated heterocycles. The number of aliphatic hydroxyl groups excluding tert-OH is 1. The highest BCUT2D eigenvalue weighted by Crippen LogP contribution is 2.39. The molecule has 0 unspecified atom stereocenters. The molecule has 0 amide bonds. The SMILES string of the molecule is CC1(C)CCc2cc([C@@H](O)CC(=O)c3cc4c(cc3O)O[C@@H](C(C)(C)O)C4)ccc2O1. The van der Waals surface area contributed by atoms with E-state index >= 15 is 0 Å². The van der Waals surface area contributed by atoms with Crippen LogP contribution in [0.25, 0.3) is 0 Å². The van der Waals surface area contributed by atoms with Crippen molar-refractivity contribution in [2.75, 3.05) is 0 Å². The highest BCUT2D eigenvalue weighted by molar-refractivity contribution is 5.99. The fraction of sp³-hybridized carbons (Fsp3) is 0.480. The van der Waals surface area contributed by atoms with Gasteiger partial charge in [0.15, 0.2) is 5.78 Å². The van der Waals surface area contributed by atoms with Crippen molar-refractivity contribution in [2.45, 2.75) is 76.8 Å². The van der Waals surface area contributed by atoms with E-state index in [2.05, 4.69) is 13.8 Å². The molecule has 0 fully saturated rings. The number of hydrogen-bond donors (Lipinski definition) is 3. The van der Waals surface area contributed by atoms with Crippen LogP contribution < -0.4 is 9.47 Å². The lowest BCUT2D eigenvalue weighted by molar-refractivity contribution is -0.0230. The first kappa shape index (κ1) is 21.7. The topological polar surface area (TPSA) is 96.2 Å². The van der Waals surface area contributed by atoms with Gasteiger partial charge >= 0.3 is 0 Å². The number of Topliss-reactive ketones (excluding diaryl/α,β-unsaturated/α-hetero) is 1. The Bertz CT molecular complexity index is 1020. The van der Waals surface area contributed by atoms with E-state index in [1.807, 2.05) is 12.1 Å². The minimum absolute atomic E-state index is 0.146. The van der Waals surface area contributed by atoms with Gasteiger partial charge in [-0.25, -0.2) is 0 Å². The van der Waals surface area contributed by atoms with Gasteiger partial charge in [0.25, 0.3) is 0 Å². The standard InChI is InChI=1S/C25H30O6/c1-24(2)8-7-15-9-14(5-6-21(15)31-24)18(26)12-19(27)17-10-16-11-23(25(3,4)29)30-22(16)13-20(17)28/h5-6,9-10,13,18,23,26,28-29H,7-8,11-12H2,1-4H3/t18-,23+/m0/s1. The number of carbonyl (C=O) groups is 1. The van der Waals surface area contributed by atoms with Gasteiger partial charge in [-0.1, -0.05) is 6.07 Å². The lowest BCUT2D eigenvalue weighted by atomic mass is 9.91. The summed E-state index contributed by atoms with van der Waals surface area (Å²) in [5.41, 5.74) is 1.35. The number of hydrogen-bond acceptors (Lipinski definition) is 6. The first-order valence-corrected chi connectivity index (χ1v) is 10.7. The van der Waals surface area contributed by atoms with Crippen LogP contribution >= 0.6 is 0 Å². The molecule has 0 aliphatic carbocycles. The van der Waals surface area contributed by atoms with E-state index in [0.717, 1.165) is 29.7 Å². The molecular formula is C25H30O6. The molecule has 2 aliphatic rings. The van der Waals surface area contributed by atoms with Crippen LogP contribution in [0.1, 0.15) is 73.7 Å². The van der Waals surface area contributed by atoms with E-state index in [9.17, 15) is 20.1 Å². The molecule has 2 aromatic carbocycles. The number of ether oxygens (including phenoxy) is 2. The third-order valence-corrected chi connectivity index (χ3v) is 6.17. The second kappa shape index (κ2) is 7.53. The molecule has 6 nitrogen and oxygen atoms in total. The van der Waals surface area contributed by atoms with Crippen molar-refractivity contribution in [3.8, 4) is 17.2 Å². The van der Waals surface area contributed by atoms with Crippen LogP contribution in [0.4, 0.5) is 0 Å². The van der Waals surface area contributed by atoms with E-state index in [1.165, 1.54) is 6.07 Å². The number of phenolic OH excluding ortho intramolecular Hbond substituents is 1. The van der Waals surface area contributed by atoms with E-state index in [1.54, 1.807) is 26.0 Å².